The molecule has 0 saturated heterocycles. The van der Waals surface area contributed by atoms with E-state index in [2.05, 4.69) is 19.9 Å². The minimum absolute atomic E-state index is 0.189. The third-order valence-electron chi connectivity index (χ3n) is 1.14. The first-order valence-electron chi connectivity index (χ1n) is 2.96. The van der Waals surface area contributed by atoms with Crippen molar-refractivity contribution in [2.24, 2.45) is 11.1 Å². The minimum atomic E-state index is 0.189. The van der Waals surface area contributed by atoms with Crippen molar-refractivity contribution in [3.05, 3.63) is 12.2 Å². The Labute approximate surface area is 51.6 Å². The third-order valence-corrected chi connectivity index (χ3v) is 1.14. The summed E-state index contributed by atoms with van der Waals surface area (Å²) >= 11 is 0. The average Bonchev–Trinajstić information content (AvgIpc) is 1.67. The molecule has 0 atom stereocenters. The molecule has 0 bridgehead atoms. The summed E-state index contributed by atoms with van der Waals surface area (Å²) in [4.78, 5) is 0. The Hall–Kier alpha value is -0.300. The molecule has 0 aromatic heterocycles. The van der Waals surface area contributed by atoms with Crippen LogP contribution in [0.1, 0.15) is 20.8 Å². The highest BCUT2D eigenvalue weighted by Gasteiger charge is 2.08. The maximum Gasteiger partial charge on any atom is 0.000886 e. The van der Waals surface area contributed by atoms with Gasteiger partial charge in [-0.1, -0.05) is 26.0 Å². The number of hydrogen-bond acceptors (Lipinski definition) is 1. The highest BCUT2D eigenvalue weighted by Crippen LogP contribution is 2.13. The van der Waals surface area contributed by atoms with Gasteiger partial charge in [0.2, 0.25) is 0 Å². The fraction of sp³-hybridized carbons (Fsp3) is 0.714. The van der Waals surface area contributed by atoms with Crippen LogP contribution in [0.25, 0.3) is 0 Å². The monoisotopic (exact) mass is 113 g/mol. The van der Waals surface area contributed by atoms with Crippen LogP contribution in [0.3, 0.4) is 0 Å². The first-order valence-corrected chi connectivity index (χ1v) is 2.96. The molecule has 0 amide bonds. The lowest BCUT2D eigenvalue weighted by molar-refractivity contribution is 0.494. The largest absolute Gasteiger partial charge is 0.330 e. The maximum atomic E-state index is 5.44. The van der Waals surface area contributed by atoms with E-state index < -0.39 is 0 Å². The highest BCUT2D eigenvalue weighted by atomic mass is 14.6. The molecule has 8 heavy (non-hydrogen) atoms. The summed E-state index contributed by atoms with van der Waals surface area (Å²) in [6.07, 6.45) is 4.15. The van der Waals surface area contributed by atoms with Crippen LogP contribution in [-0.4, -0.2) is 6.54 Å². The summed E-state index contributed by atoms with van der Waals surface area (Å²) in [7, 11) is 0. The van der Waals surface area contributed by atoms with E-state index in [0.29, 0.717) is 0 Å². The molecular formula is C7H15N. The van der Waals surface area contributed by atoms with Gasteiger partial charge in [0.15, 0.2) is 0 Å². The molecule has 0 aliphatic heterocycles. The summed E-state index contributed by atoms with van der Waals surface area (Å²) < 4.78 is 0. The van der Waals surface area contributed by atoms with Gasteiger partial charge in [0.05, 0.1) is 0 Å². The lowest BCUT2D eigenvalue weighted by Crippen LogP contribution is -2.20. The molecule has 1 nitrogen and oxygen atoms in total. The average molecular weight is 113 g/mol. The van der Waals surface area contributed by atoms with E-state index >= 15 is 0 Å². The van der Waals surface area contributed by atoms with Gasteiger partial charge in [0, 0.05) is 6.54 Å². The van der Waals surface area contributed by atoms with Crippen molar-refractivity contribution in [1.29, 1.82) is 0 Å². The van der Waals surface area contributed by atoms with Gasteiger partial charge in [-0.25, -0.2) is 0 Å². The van der Waals surface area contributed by atoms with E-state index in [1.54, 1.807) is 0 Å². The van der Waals surface area contributed by atoms with Gasteiger partial charge >= 0.3 is 0 Å². The van der Waals surface area contributed by atoms with E-state index in [-0.39, 0.29) is 5.41 Å². The first-order chi connectivity index (χ1) is 3.62. The Morgan fingerprint density at radius 3 is 2.12 bits per heavy atom. The number of nitrogens with two attached hydrogens (primary N) is 1. The van der Waals surface area contributed by atoms with Crippen LogP contribution in [0.4, 0.5) is 0 Å². The molecule has 0 spiro atoms. The van der Waals surface area contributed by atoms with Crippen molar-refractivity contribution in [3.8, 4) is 0 Å². The number of hydrogen-bond donors (Lipinski definition) is 1. The molecule has 0 heterocycles. The van der Waals surface area contributed by atoms with Crippen molar-refractivity contribution in [1.82, 2.24) is 0 Å². The van der Waals surface area contributed by atoms with E-state index in [4.69, 9.17) is 5.73 Å². The Bertz CT molecular complexity index is 82.4. The third kappa shape index (κ3) is 2.80. The molecule has 48 valence electrons. The molecule has 1 heteroatoms. The topological polar surface area (TPSA) is 26.0 Å². The highest BCUT2D eigenvalue weighted by molar-refractivity contribution is 4.92. The summed E-state index contributed by atoms with van der Waals surface area (Å²) in [5.41, 5.74) is 5.63. The zero-order valence-electron chi connectivity index (χ0n) is 5.94. The summed E-state index contributed by atoms with van der Waals surface area (Å²) in [5, 5.41) is 0. The van der Waals surface area contributed by atoms with Gasteiger partial charge in [-0.05, 0) is 12.3 Å². The zero-order valence-corrected chi connectivity index (χ0v) is 5.94. The fourth-order valence-corrected chi connectivity index (χ4v) is 0.519. The van der Waals surface area contributed by atoms with Crippen molar-refractivity contribution in [3.63, 3.8) is 0 Å². The SMILES string of the molecule is C/C=C/C(C)(C)CN. The predicted molar refractivity (Wildman–Crippen MR) is 37.6 cm³/mol. The van der Waals surface area contributed by atoms with E-state index in [0.717, 1.165) is 6.54 Å². The Balaban J connectivity index is 3.71. The van der Waals surface area contributed by atoms with Gasteiger partial charge < -0.3 is 5.73 Å². The molecule has 0 saturated carbocycles. The second kappa shape index (κ2) is 2.88. The second-order valence-corrected chi connectivity index (χ2v) is 2.69. The minimum Gasteiger partial charge on any atom is -0.330 e. The fourth-order valence-electron chi connectivity index (χ4n) is 0.519. The summed E-state index contributed by atoms with van der Waals surface area (Å²) in [6, 6.07) is 0. The van der Waals surface area contributed by atoms with Crippen molar-refractivity contribution in [2.75, 3.05) is 6.54 Å². The van der Waals surface area contributed by atoms with E-state index in [1.807, 2.05) is 13.0 Å². The van der Waals surface area contributed by atoms with Crippen LogP contribution < -0.4 is 5.73 Å². The van der Waals surface area contributed by atoms with Crippen molar-refractivity contribution < 1.29 is 0 Å². The Morgan fingerprint density at radius 1 is 1.50 bits per heavy atom. The van der Waals surface area contributed by atoms with Crippen LogP contribution in [-0.2, 0) is 0 Å². The predicted octanol–water partition coefficient (Wildman–Crippen LogP) is 1.55. The van der Waals surface area contributed by atoms with Gasteiger partial charge in [0.25, 0.3) is 0 Å². The van der Waals surface area contributed by atoms with Crippen molar-refractivity contribution in [2.45, 2.75) is 20.8 Å². The maximum absolute atomic E-state index is 5.44. The van der Waals surface area contributed by atoms with Gasteiger partial charge in [-0.15, -0.1) is 0 Å². The van der Waals surface area contributed by atoms with Crippen LogP contribution in [0.15, 0.2) is 12.2 Å². The van der Waals surface area contributed by atoms with E-state index in [1.165, 1.54) is 0 Å². The van der Waals surface area contributed by atoms with Crippen LogP contribution in [0, 0.1) is 5.41 Å². The van der Waals surface area contributed by atoms with E-state index in [9.17, 15) is 0 Å². The lowest BCUT2D eigenvalue weighted by atomic mass is 9.94. The molecule has 0 rings (SSSR count). The number of allylic oxidation sites excluding steroid dienone is 1. The molecule has 0 aromatic carbocycles. The Morgan fingerprint density at radius 2 is 2.00 bits per heavy atom. The molecule has 0 unspecified atom stereocenters. The molecule has 0 radical (unpaired) electrons. The molecular weight excluding hydrogens is 98.1 g/mol. The Kier molecular flexibility index (Phi) is 2.77. The van der Waals surface area contributed by atoms with Gasteiger partial charge in [-0.2, -0.15) is 0 Å². The van der Waals surface area contributed by atoms with Gasteiger partial charge in [0.1, 0.15) is 0 Å². The van der Waals surface area contributed by atoms with Crippen LogP contribution in [0.2, 0.25) is 0 Å². The first kappa shape index (κ1) is 7.70. The molecule has 0 fully saturated rings. The normalized spacial score (nSPS) is 13.0. The molecule has 0 aliphatic rings. The quantitative estimate of drug-likeness (QED) is 0.540. The van der Waals surface area contributed by atoms with Crippen LogP contribution in [0.5, 0.6) is 0 Å². The summed E-state index contributed by atoms with van der Waals surface area (Å²) in [5.74, 6) is 0. The number of rotatable bonds is 2. The van der Waals surface area contributed by atoms with Crippen molar-refractivity contribution >= 4 is 0 Å². The standard InChI is InChI=1S/C7H15N/c1-4-5-7(2,3)6-8/h4-5H,6,8H2,1-3H3/b5-4+. The zero-order chi connectivity index (χ0) is 6.62. The van der Waals surface area contributed by atoms with Gasteiger partial charge in [-0.3, -0.25) is 0 Å². The molecule has 2 N–H and O–H groups in total. The molecule has 0 aromatic rings. The van der Waals surface area contributed by atoms with Crippen LogP contribution >= 0.6 is 0 Å². The smallest absolute Gasteiger partial charge is 0.000886 e. The lowest BCUT2D eigenvalue weighted by Gasteiger charge is -2.15. The summed E-state index contributed by atoms with van der Waals surface area (Å²) in [6.45, 7) is 6.97. The second-order valence-electron chi connectivity index (χ2n) is 2.69. The molecule has 0 aliphatic carbocycles.